The molecule has 0 saturated heterocycles. The Kier molecular flexibility index (Phi) is 3.39. The molecule has 3 aromatic rings. The van der Waals surface area contributed by atoms with Crippen molar-refractivity contribution in [3.05, 3.63) is 55.2 Å². The van der Waals surface area contributed by atoms with E-state index in [1.54, 1.807) is 0 Å². The molecule has 0 aliphatic rings. The first-order valence-corrected chi connectivity index (χ1v) is 7.82. The Hall–Kier alpha value is -1.98. The maximum atomic E-state index is 13.0. The second-order valence-electron chi connectivity index (χ2n) is 4.16. The predicted octanol–water partition coefficient (Wildman–Crippen LogP) is 2.94. The number of hydrogen-bond acceptors (Lipinski definition) is 4. The topological polar surface area (TPSA) is 48.7 Å². The second-order valence-corrected chi connectivity index (χ2v) is 7.21. The molecule has 21 heavy (non-hydrogen) atoms. The molecule has 4 nitrogen and oxygen atoms in total. The van der Waals surface area contributed by atoms with Gasteiger partial charge in [-0.25, -0.2) is 0 Å². The van der Waals surface area contributed by atoms with E-state index in [1.807, 2.05) is 0 Å². The number of hydrogen-bond donors (Lipinski definition) is 0. The van der Waals surface area contributed by atoms with Crippen molar-refractivity contribution in [2.24, 2.45) is 0 Å². The molecular formula is C13H10F3O4P. The summed E-state index contributed by atoms with van der Waals surface area (Å²) in [6.45, 7) is 0. The van der Waals surface area contributed by atoms with Crippen molar-refractivity contribution < 1.29 is 30.9 Å². The van der Waals surface area contributed by atoms with Gasteiger partial charge in [0.1, 0.15) is 0 Å². The Labute approximate surface area is 117 Å². The van der Waals surface area contributed by atoms with Crippen LogP contribution in [0.3, 0.4) is 0 Å². The normalized spacial score (nSPS) is 13.5. The summed E-state index contributed by atoms with van der Waals surface area (Å²) in [5.41, 5.74) is 0.0965. The minimum atomic E-state index is -4.88. The quantitative estimate of drug-likeness (QED) is 0.694. The summed E-state index contributed by atoms with van der Waals surface area (Å²) in [5, 5.41) is 0. The monoisotopic (exact) mass is 318 g/mol. The first-order valence-electron chi connectivity index (χ1n) is 5.91. The van der Waals surface area contributed by atoms with E-state index in [2.05, 4.69) is 4.52 Å². The van der Waals surface area contributed by atoms with Gasteiger partial charge in [0.15, 0.2) is 0 Å². The molecule has 0 radical (unpaired) electrons. The molecule has 0 atom stereocenters. The van der Waals surface area contributed by atoms with Gasteiger partial charge in [0.25, 0.3) is 0 Å². The summed E-state index contributed by atoms with van der Waals surface area (Å²) < 4.78 is 59.2. The molecule has 0 amide bonds. The third-order valence-electron chi connectivity index (χ3n) is 2.87. The fourth-order valence-electron chi connectivity index (χ4n) is 2.13. The molecule has 3 rings (SSSR count). The van der Waals surface area contributed by atoms with Crippen LogP contribution in [-0.2, 0) is 4.52 Å². The van der Waals surface area contributed by atoms with Crippen LogP contribution in [0, 0.1) is 0 Å². The SMILES string of the molecule is FC(F)(F)O[PH](c1ccco1)(c1ccco1)c1ccco1. The number of alkyl halides is 3. The van der Waals surface area contributed by atoms with E-state index in [0.29, 0.717) is 0 Å². The zero-order valence-corrected chi connectivity index (χ0v) is 11.5. The molecule has 0 unspecified atom stereocenters. The first kappa shape index (κ1) is 14.0. The van der Waals surface area contributed by atoms with Gasteiger partial charge in [-0.05, 0) is 0 Å². The predicted molar refractivity (Wildman–Crippen MR) is 70.5 cm³/mol. The van der Waals surface area contributed by atoms with Crippen molar-refractivity contribution in [2.45, 2.75) is 6.36 Å². The van der Waals surface area contributed by atoms with E-state index in [4.69, 9.17) is 13.3 Å². The zero-order chi connectivity index (χ0) is 14.9. The van der Waals surface area contributed by atoms with Crippen LogP contribution in [0.15, 0.2) is 68.4 Å². The van der Waals surface area contributed by atoms with E-state index in [-0.39, 0.29) is 16.5 Å². The van der Waals surface area contributed by atoms with Crippen LogP contribution >= 0.6 is 7.49 Å². The van der Waals surface area contributed by atoms with Crippen molar-refractivity contribution >= 4 is 24.0 Å². The van der Waals surface area contributed by atoms with Crippen molar-refractivity contribution in [2.75, 3.05) is 0 Å². The Morgan fingerprint density at radius 1 is 0.762 bits per heavy atom. The van der Waals surface area contributed by atoms with Gasteiger partial charge in [-0.3, -0.25) is 0 Å². The summed E-state index contributed by atoms with van der Waals surface area (Å²) >= 11 is 0. The van der Waals surface area contributed by atoms with Crippen molar-refractivity contribution in [1.29, 1.82) is 0 Å². The fourth-order valence-corrected chi connectivity index (χ4v) is 5.20. The summed E-state index contributed by atoms with van der Waals surface area (Å²) in [6, 6.07) is 8.73. The standard InChI is InChI=1S/C13H10F3O4P/c14-13(15,16)20-21(10-4-1-7-17-10,11-5-2-8-18-11)12-6-3-9-19-12/h1-9,21H. The zero-order valence-electron chi connectivity index (χ0n) is 10.5. The van der Waals surface area contributed by atoms with Crippen LogP contribution in [0.25, 0.3) is 0 Å². The number of rotatable bonds is 4. The second kappa shape index (κ2) is 5.09. The van der Waals surface area contributed by atoms with Gasteiger partial charge in [-0.15, -0.1) is 0 Å². The molecule has 112 valence electrons. The van der Waals surface area contributed by atoms with Crippen LogP contribution in [0.2, 0.25) is 0 Å². The van der Waals surface area contributed by atoms with E-state index in [1.165, 1.54) is 55.2 Å². The Morgan fingerprint density at radius 3 is 1.38 bits per heavy atom. The summed E-state index contributed by atoms with van der Waals surface area (Å²) in [7, 11) is -4.03. The van der Waals surface area contributed by atoms with Crippen LogP contribution in [0.4, 0.5) is 13.2 Å². The average molecular weight is 318 g/mol. The third-order valence-corrected chi connectivity index (χ3v) is 6.35. The molecule has 3 heterocycles. The molecule has 0 saturated carbocycles. The summed E-state index contributed by atoms with van der Waals surface area (Å²) in [6.07, 6.45) is -1.04. The molecule has 0 aliphatic heterocycles. The maximum absolute atomic E-state index is 13.0. The molecule has 0 bridgehead atoms. The number of furan rings is 3. The van der Waals surface area contributed by atoms with Crippen molar-refractivity contribution in [3.8, 4) is 0 Å². The van der Waals surface area contributed by atoms with Crippen LogP contribution < -0.4 is 16.5 Å². The molecular weight excluding hydrogens is 308 g/mol. The van der Waals surface area contributed by atoms with Gasteiger partial charge in [0.05, 0.1) is 0 Å². The first-order chi connectivity index (χ1) is 10.0. The molecule has 3 aromatic heterocycles. The van der Waals surface area contributed by atoms with Crippen molar-refractivity contribution in [3.63, 3.8) is 0 Å². The molecule has 0 N–H and O–H groups in total. The van der Waals surface area contributed by atoms with E-state index in [0.717, 1.165) is 0 Å². The van der Waals surface area contributed by atoms with Crippen LogP contribution in [0.1, 0.15) is 0 Å². The van der Waals surface area contributed by atoms with Gasteiger partial charge in [-0.2, -0.15) is 0 Å². The third kappa shape index (κ3) is 2.50. The van der Waals surface area contributed by atoms with Crippen LogP contribution in [0.5, 0.6) is 0 Å². The molecule has 0 aromatic carbocycles. The number of halogens is 3. The summed E-state index contributed by atoms with van der Waals surface area (Å²) in [4.78, 5) is 0. The van der Waals surface area contributed by atoms with E-state index in [9.17, 15) is 13.2 Å². The summed E-state index contributed by atoms with van der Waals surface area (Å²) in [5.74, 6) is 0. The molecule has 0 fully saturated rings. The van der Waals surface area contributed by atoms with E-state index < -0.39 is 13.9 Å². The molecule has 0 spiro atoms. The Balaban J connectivity index is 2.26. The molecule has 0 aliphatic carbocycles. The fraction of sp³-hybridized carbons (Fsp3) is 0.0769. The minimum absolute atomic E-state index is 0.0322. The van der Waals surface area contributed by atoms with Gasteiger partial charge < -0.3 is 0 Å². The Bertz CT molecular complexity index is 587. The average Bonchev–Trinajstić information content (AvgIpc) is 3.15. The Morgan fingerprint density at radius 2 is 1.14 bits per heavy atom. The van der Waals surface area contributed by atoms with Crippen LogP contribution in [-0.4, -0.2) is 6.36 Å². The van der Waals surface area contributed by atoms with E-state index >= 15 is 0 Å². The van der Waals surface area contributed by atoms with Crippen molar-refractivity contribution in [1.82, 2.24) is 0 Å². The molecule has 8 heteroatoms. The van der Waals surface area contributed by atoms with Gasteiger partial charge in [-0.1, -0.05) is 0 Å². The van der Waals surface area contributed by atoms with Gasteiger partial charge >= 0.3 is 116 Å². The van der Waals surface area contributed by atoms with Gasteiger partial charge in [0, 0.05) is 0 Å². The van der Waals surface area contributed by atoms with Gasteiger partial charge in [0.2, 0.25) is 0 Å².